The molecule has 0 aromatic heterocycles. The molecule has 0 saturated carbocycles. The van der Waals surface area contributed by atoms with Crippen LogP contribution in [0.25, 0.3) is 0 Å². The summed E-state index contributed by atoms with van der Waals surface area (Å²) in [4.78, 5) is 0. The van der Waals surface area contributed by atoms with Gasteiger partial charge in [0.1, 0.15) is 23.7 Å². The van der Waals surface area contributed by atoms with Gasteiger partial charge in [-0.1, -0.05) is 47.0 Å². The second-order valence-corrected chi connectivity index (χ2v) is 8.11. The lowest BCUT2D eigenvalue weighted by molar-refractivity contribution is -0.235. The summed E-state index contributed by atoms with van der Waals surface area (Å²) in [5.74, 6) is 1.01. The average molecular weight is 377 g/mol. The summed E-state index contributed by atoms with van der Waals surface area (Å²) in [6.45, 7) is 13.1. The van der Waals surface area contributed by atoms with E-state index in [0.29, 0.717) is 0 Å². The Balaban J connectivity index is 2.84. The van der Waals surface area contributed by atoms with Crippen LogP contribution in [0.5, 0.6) is 0 Å². The second kappa shape index (κ2) is 14.3. The van der Waals surface area contributed by atoms with Gasteiger partial charge in [0.15, 0.2) is 0 Å². The van der Waals surface area contributed by atoms with Crippen LogP contribution in [0.3, 0.4) is 0 Å². The van der Waals surface area contributed by atoms with Crippen LogP contribution < -0.4 is 0 Å². The van der Waals surface area contributed by atoms with Crippen molar-refractivity contribution in [3.05, 3.63) is 0 Å². The van der Waals surface area contributed by atoms with Crippen LogP contribution in [0.1, 0.15) is 73.1 Å². The zero-order chi connectivity index (χ0) is 18.5. The summed E-state index contributed by atoms with van der Waals surface area (Å²) in [6, 6.07) is 0. The number of hydrogen-bond donors (Lipinski definition) is 0. The number of thioether (sulfide) groups is 1. The van der Waals surface area contributed by atoms with E-state index >= 15 is 0 Å². The first kappa shape index (κ1) is 23.2. The normalized spacial score (nSPS) is 29.9. The van der Waals surface area contributed by atoms with E-state index in [1.807, 2.05) is 11.8 Å². The van der Waals surface area contributed by atoms with E-state index in [4.69, 9.17) is 18.9 Å². The third-order valence-corrected chi connectivity index (χ3v) is 5.52. The van der Waals surface area contributed by atoms with E-state index in [2.05, 4.69) is 34.6 Å². The topological polar surface area (TPSA) is 36.9 Å². The molecule has 0 N–H and O–H groups in total. The van der Waals surface area contributed by atoms with Gasteiger partial charge in [0, 0.05) is 19.8 Å². The monoisotopic (exact) mass is 376 g/mol. The minimum absolute atomic E-state index is 0.0227. The molecule has 0 aromatic rings. The summed E-state index contributed by atoms with van der Waals surface area (Å²) in [5.41, 5.74) is 0.0227. The molecular formula is C20H40O4S. The highest BCUT2D eigenvalue weighted by Crippen LogP contribution is 2.33. The maximum Gasteiger partial charge on any atom is 0.132 e. The SMILES string of the molecule is CCCCOC1C(OCCCC)[C@H](C)OC(SCC)[C@@H]1OCCCC. The fourth-order valence-corrected chi connectivity index (χ4v) is 3.96. The molecule has 0 spiro atoms. The smallest absolute Gasteiger partial charge is 0.132 e. The second-order valence-electron chi connectivity index (χ2n) is 6.73. The molecule has 25 heavy (non-hydrogen) atoms. The van der Waals surface area contributed by atoms with Crippen LogP contribution in [0.2, 0.25) is 0 Å². The van der Waals surface area contributed by atoms with Gasteiger partial charge in [0.05, 0.1) is 6.10 Å². The first-order valence-corrected chi connectivity index (χ1v) is 11.4. The Morgan fingerprint density at radius 1 is 0.720 bits per heavy atom. The summed E-state index contributed by atoms with van der Waals surface area (Å²) in [6.07, 6.45) is 6.47. The molecule has 3 unspecified atom stereocenters. The highest BCUT2D eigenvalue weighted by molar-refractivity contribution is 7.99. The van der Waals surface area contributed by atoms with Crippen LogP contribution in [0.15, 0.2) is 0 Å². The Labute approximate surface area is 159 Å². The van der Waals surface area contributed by atoms with Crippen molar-refractivity contribution in [2.45, 2.75) is 103 Å². The van der Waals surface area contributed by atoms with Crippen molar-refractivity contribution in [2.75, 3.05) is 25.6 Å². The van der Waals surface area contributed by atoms with Gasteiger partial charge in [0.2, 0.25) is 0 Å². The Morgan fingerprint density at radius 3 is 1.68 bits per heavy atom. The van der Waals surface area contributed by atoms with Gasteiger partial charge < -0.3 is 18.9 Å². The molecular weight excluding hydrogens is 336 g/mol. The van der Waals surface area contributed by atoms with Crippen molar-refractivity contribution in [1.82, 2.24) is 0 Å². The molecule has 1 aliphatic heterocycles. The molecule has 4 nitrogen and oxygen atoms in total. The van der Waals surface area contributed by atoms with E-state index in [1.165, 1.54) is 0 Å². The third-order valence-electron chi connectivity index (χ3n) is 4.48. The van der Waals surface area contributed by atoms with E-state index in [1.54, 1.807) is 0 Å². The largest absolute Gasteiger partial charge is 0.373 e. The molecule has 0 amide bonds. The zero-order valence-electron chi connectivity index (χ0n) is 17.0. The molecule has 0 bridgehead atoms. The Hall–Kier alpha value is 0.190. The number of hydrogen-bond acceptors (Lipinski definition) is 5. The summed E-state index contributed by atoms with van der Waals surface area (Å²) >= 11 is 1.81. The van der Waals surface area contributed by atoms with Crippen LogP contribution >= 0.6 is 11.8 Å². The Morgan fingerprint density at radius 2 is 1.20 bits per heavy atom. The summed E-state index contributed by atoms with van der Waals surface area (Å²) < 4.78 is 25.1. The Bertz CT molecular complexity index is 316. The van der Waals surface area contributed by atoms with Crippen molar-refractivity contribution in [1.29, 1.82) is 0 Å². The molecule has 0 aliphatic carbocycles. The van der Waals surface area contributed by atoms with Crippen molar-refractivity contribution in [3.63, 3.8) is 0 Å². The zero-order valence-corrected chi connectivity index (χ0v) is 17.8. The van der Waals surface area contributed by atoms with E-state index in [0.717, 1.165) is 64.1 Å². The van der Waals surface area contributed by atoms with Gasteiger partial charge in [-0.25, -0.2) is 0 Å². The first-order valence-electron chi connectivity index (χ1n) is 10.3. The van der Waals surface area contributed by atoms with Crippen LogP contribution in [0, 0.1) is 0 Å². The molecule has 1 fully saturated rings. The summed E-state index contributed by atoms with van der Waals surface area (Å²) in [5, 5.41) is 0. The lowest BCUT2D eigenvalue weighted by Gasteiger charge is -2.45. The lowest BCUT2D eigenvalue weighted by atomic mass is 10.00. The predicted octanol–water partition coefficient (Wildman–Crippen LogP) is 5.04. The van der Waals surface area contributed by atoms with Gasteiger partial charge >= 0.3 is 0 Å². The quantitative estimate of drug-likeness (QED) is 0.397. The van der Waals surface area contributed by atoms with Crippen molar-refractivity contribution >= 4 is 11.8 Å². The number of rotatable bonds is 14. The molecule has 5 atom stereocenters. The molecule has 0 radical (unpaired) electrons. The minimum Gasteiger partial charge on any atom is -0.373 e. The van der Waals surface area contributed by atoms with E-state index in [-0.39, 0.29) is 29.9 Å². The minimum atomic E-state index is -0.0591. The van der Waals surface area contributed by atoms with Crippen LogP contribution in [-0.2, 0) is 18.9 Å². The third kappa shape index (κ3) is 8.17. The van der Waals surface area contributed by atoms with Crippen LogP contribution in [-0.4, -0.2) is 55.4 Å². The average Bonchev–Trinajstić information content (AvgIpc) is 2.60. The molecule has 1 rings (SSSR count). The van der Waals surface area contributed by atoms with Crippen molar-refractivity contribution in [3.8, 4) is 0 Å². The highest BCUT2D eigenvalue weighted by atomic mass is 32.2. The number of unbranched alkanes of at least 4 members (excludes halogenated alkanes) is 3. The van der Waals surface area contributed by atoms with Crippen molar-refractivity contribution in [2.24, 2.45) is 0 Å². The van der Waals surface area contributed by atoms with Gasteiger partial charge in [-0.3, -0.25) is 0 Å². The van der Waals surface area contributed by atoms with E-state index < -0.39 is 0 Å². The standard InChI is InChI=1S/C20H40O4S/c1-6-10-13-21-17-16(5)24-20(25-9-4)19(23-15-12-8-3)18(17)22-14-11-7-2/h16-20H,6-15H2,1-5H3/t16-,17?,18?,19+,20?/m0/s1. The maximum absolute atomic E-state index is 6.31. The predicted molar refractivity (Wildman–Crippen MR) is 106 cm³/mol. The molecule has 1 saturated heterocycles. The molecule has 5 heteroatoms. The van der Waals surface area contributed by atoms with Gasteiger partial charge in [0.25, 0.3) is 0 Å². The Kier molecular flexibility index (Phi) is 13.3. The molecule has 150 valence electrons. The van der Waals surface area contributed by atoms with Gasteiger partial charge in [-0.15, -0.1) is 11.8 Å². The first-order chi connectivity index (χ1) is 12.2. The molecule has 1 heterocycles. The fourth-order valence-electron chi connectivity index (χ4n) is 2.96. The summed E-state index contributed by atoms with van der Waals surface area (Å²) in [7, 11) is 0. The van der Waals surface area contributed by atoms with Gasteiger partial charge in [-0.2, -0.15) is 0 Å². The fraction of sp³-hybridized carbons (Fsp3) is 1.00. The van der Waals surface area contributed by atoms with Crippen LogP contribution in [0.4, 0.5) is 0 Å². The molecule has 1 aliphatic rings. The molecule has 0 aromatic carbocycles. The maximum atomic E-state index is 6.31. The highest BCUT2D eigenvalue weighted by Gasteiger charge is 2.46. The van der Waals surface area contributed by atoms with Gasteiger partial charge in [-0.05, 0) is 31.9 Å². The number of ether oxygens (including phenoxy) is 4. The van der Waals surface area contributed by atoms with Crippen molar-refractivity contribution < 1.29 is 18.9 Å². The van der Waals surface area contributed by atoms with E-state index in [9.17, 15) is 0 Å². The lowest BCUT2D eigenvalue weighted by Crippen LogP contribution is -2.58.